The summed E-state index contributed by atoms with van der Waals surface area (Å²) >= 11 is 0. The van der Waals surface area contributed by atoms with Crippen molar-refractivity contribution >= 4 is 13.7 Å². The third-order valence-corrected chi connectivity index (χ3v) is 14.0. The minimum atomic E-state index is -4.35. The van der Waals surface area contributed by atoms with Crippen LogP contribution >= 0.6 is 7.82 Å². The number of amides is 1. The van der Waals surface area contributed by atoms with Gasteiger partial charge in [-0.3, -0.25) is 13.8 Å². The molecule has 0 spiro atoms. The third-order valence-electron chi connectivity index (χ3n) is 13.1. The predicted octanol–water partition coefficient (Wildman–Crippen LogP) is 18.6. The summed E-state index contributed by atoms with van der Waals surface area (Å²) in [5, 5.41) is 13.9. The van der Waals surface area contributed by atoms with Crippen LogP contribution in [-0.4, -0.2) is 73.4 Å². The molecule has 0 aromatic heterocycles. The van der Waals surface area contributed by atoms with E-state index in [0.717, 1.165) is 83.5 Å². The largest absolute Gasteiger partial charge is 0.472 e. The molecule has 1 amide bonds. The molecule has 0 saturated heterocycles. The number of hydrogen-bond acceptors (Lipinski definition) is 5. The Kier molecular flexibility index (Phi) is 52.3. The lowest BCUT2D eigenvalue weighted by Crippen LogP contribution is -2.45. The monoisotopic (exact) mass is 1040 g/mol. The minimum absolute atomic E-state index is 0.0590. The van der Waals surface area contributed by atoms with Crippen molar-refractivity contribution in [3.63, 3.8) is 0 Å². The molecule has 0 saturated carbocycles. The van der Waals surface area contributed by atoms with Gasteiger partial charge in [-0.1, -0.05) is 265 Å². The molecule has 0 aromatic rings. The maximum atomic E-state index is 13.0. The van der Waals surface area contributed by atoms with Crippen LogP contribution in [0.15, 0.2) is 97.2 Å². The van der Waals surface area contributed by atoms with Crippen molar-refractivity contribution in [1.29, 1.82) is 0 Å². The van der Waals surface area contributed by atoms with Gasteiger partial charge in [-0.2, -0.15) is 0 Å². The molecule has 0 rings (SSSR count). The summed E-state index contributed by atoms with van der Waals surface area (Å²) < 4.78 is 23.7. The van der Waals surface area contributed by atoms with Gasteiger partial charge in [0.1, 0.15) is 13.2 Å². The van der Waals surface area contributed by atoms with Gasteiger partial charge in [-0.05, 0) is 77.0 Å². The van der Waals surface area contributed by atoms with E-state index in [1.54, 1.807) is 6.08 Å². The molecule has 0 radical (unpaired) electrons. The second kappa shape index (κ2) is 54.2. The van der Waals surface area contributed by atoms with Gasteiger partial charge in [0.2, 0.25) is 5.91 Å². The number of hydrogen-bond donors (Lipinski definition) is 3. The first kappa shape index (κ1) is 70.4. The van der Waals surface area contributed by atoms with E-state index in [2.05, 4.69) is 104 Å². The number of likely N-dealkylation sites (N-methyl/N-ethyl adjacent to an activating group) is 1. The lowest BCUT2D eigenvalue weighted by Gasteiger charge is -2.25. The van der Waals surface area contributed by atoms with Crippen LogP contribution in [0.4, 0.5) is 0 Å². The van der Waals surface area contributed by atoms with E-state index >= 15 is 0 Å². The standard InChI is InChI=1S/C64H115N2O6P/c1-6-8-10-12-14-16-18-20-22-23-24-25-26-27-28-29-30-31-32-33-34-35-36-37-38-39-40-41-42-43-44-46-48-50-52-54-56-58-64(68)65-62(61-72-73(69,70)71-60-59-66(3,4)5)63(67)57-55-53-51-49-47-45-21-19-17-15-13-11-9-7-2/h8,10,14,16,20,22,24-25,27-28,30-31,33-34,55,57,62-63,67H,6-7,9,11-13,15,17-19,21,23,26,29,32,35-54,56,58-61H2,1-5H3,(H-,65,68,69,70)/p+1/b10-8-,16-14-,22-20-,25-24-,28-27-,31-30-,34-33-,57-55+. The molecule has 422 valence electrons. The first-order chi connectivity index (χ1) is 35.5. The van der Waals surface area contributed by atoms with Crippen molar-refractivity contribution < 1.29 is 32.9 Å². The summed E-state index contributed by atoms with van der Waals surface area (Å²) in [4.78, 5) is 23.3. The first-order valence-electron chi connectivity index (χ1n) is 30.1. The van der Waals surface area contributed by atoms with Crippen molar-refractivity contribution in [2.75, 3.05) is 40.9 Å². The number of phosphoric acid groups is 1. The van der Waals surface area contributed by atoms with Crippen LogP contribution in [0.3, 0.4) is 0 Å². The fraction of sp³-hybridized carbons (Fsp3) is 0.734. The summed E-state index contributed by atoms with van der Waals surface area (Å²) in [6.45, 7) is 4.70. The Morgan fingerprint density at radius 3 is 1.21 bits per heavy atom. The Labute approximate surface area is 451 Å². The van der Waals surface area contributed by atoms with E-state index in [1.807, 2.05) is 27.2 Å². The molecule has 3 unspecified atom stereocenters. The van der Waals surface area contributed by atoms with E-state index < -0.39 is 20.0 Å². The van der Waals surface area contributed by atoms with E-state index in [0.29, 0.717) is 17.4 Å². The number of quaternary nitrogens is 1. The quantitative estimate of drug-likeness (QED) is 0.0243. The molecule has 0 fully saturated rings. The minimum Gasteiger partial charge on any atom is -0.387 e. The number of carbonyl (C=O) groups excluding carboxylic acids is 1. The van der Waals surface area contributed by atoms with Crippen molar-refractivity contribution in [2.45, 2.75) is 264 Å². The van der Waals surface area contributed by atoms with Gasteiger partial charge < -0.3 is 19.8 Å². The number of aliphatic hydroxyl groups excluding tert-OH is 1. The van der Waals surface area contributed by atoms with Gasteiger partial charge in [-0.25, -0.2) is 4.57 Å². The highest BCUT2D eigenvalue weighted by Gasteiger charge is 2.27. The number of carbonyl (C=O) groups is 1. The highest BCUT2D eigenvalue weighted by molar-refractivity contribution is 7.47. The molecule has 3 N–H and O–H groups in total. The SMILES string of the molecule is CC/C=C\C/C=C\C/C=C\C/C=C\C/C=C\C/C=C\C/C=C\CCCCCCCCCCCCCCCCCC(=O)NC(COP(=O)(O)OCC[N+](C)(C)C)C(O)/C=C/CCCCCCCCCCCCCC. The molecular weight excluding hydrogens is 924 g/mol. The number of allylic oxidation sites excluding steroid dienone is 15. The molecule has 73 heavy (non-hydrogen) atoms. The number of phosphoric ester groups is 1. The summed E-state index contributed by atoms with van der Waals surface area (Å²) in [7, 11) is 1.57. The topological polar surface area (TPSA) is 105 Å². The van der Waals surface area contributed by atoms with E-state index in [1.165, 1.54) is 148 Å². The Hall–Kier alpha value is -2.58. The van der Waals surface area contributed by atoms with E-state index in [-0.39, 0.29) is 19.1 Å². The molecule has 0 aliphatic rings. The molecule has 3 atom stereocenters. The molecule has 9 heteroatoms. The van der Waals surface area contributed by atoms with Gasteiger partial charge in [-0.15, -0.1) is 0 Å². The molecular formula is C64H116N2O6P+. The second-order valence-electron chi connectivity index (χ2n) is 21.3. The van der Waals surface area contributed by atoms with Crippen molar-refractivity contribution in [3.05, 3.63) is 97.2 Å². The van der Waals surface area contributed by atoms with E-state index in [4.69, 9.17) is 9.05 Å². The Morgan fingerprint density at radius 2 is 0.822 bits per heavy atom. The van der Waals surface area contributed by atoms with Crippen LogP contribution < -0.4 is 5.32 Å². The van der Waals surface area contributed by atoms with Crippen molar-refractivity contribution in [2.24, 2.45) is 0 Å². The zero-order chi connectivity index (χ0) is 53.5. The number of rotatable bonds is 54. The molecule has 0 aliphatic carbocycles. The first-order valence-corrected chi connectivity index (χ1v) is 31.6. The number of unbranched alkanes of at least 4 members (excludes halogenated alkanes) is 27. The van der Waals surface area contributed by atoms with Crippen LogP contribution in [0.5, 0.6) is 0 Å². The highest BCUT2D eigenvalue weighted by Crippen LogP contribution is 2.43. The fourth-order valence-corrected chi connectivity index (χ4v) is 9.11. The number of nitrogens with one attached hydrogen (secondary N) is 1. The van der Waals surface area contributed by atoms with Crippen LogP contribution in [0, 0.1) is 0 Å². The van der Waals surface area contributed by atoms with Crippen molar-refractivity contribution in [1.82, 2.24) is 5.32 Å². The third kappa shape index (κ3) is 57.0. The zero-order valence-electron chi connectivity index (χ0n) is 48.1. The lowest BCUT2D eigenvalue weighted by molar-refractivity contribution is -0.870. The lowest BCUT2D eigenvalue weighted by atomic mass is 10.0. The second-order valence-corrected chi connectivity index (χ2v) is 22.8. The summed E-state index contributed by atoms with van der Waals surface area (Å²) in [6.07, 6.45) is 78.0. The molecule has 0 aromatic carbocycles. The zero-order valence-corrected chi connectivity index (χ0v) is 49.0. The fourth-order valence-electron chi connectivity index (χ4n) is 8.38. The molecule has 0 heterocycles. The molecule has 8 nitrogen and oxygen atoms in total. The van der Waals surface area contributed by atoms with Crippen molar-refractivity contribution in [3.8, 4) is 0 Å². The summed E-state index contributed by atoms with van der Waals surface area (Å²) in [5.74, 6) is -0.179. The average Bonchev–Trinajstić information content (AvgIpc) is 3.35. The van der Waals surface area contributed by atoms with Gasteiger partial charge in [0.05, 0.1) is 39.9 Å². The number of aliphatic hydroxyl groups is 1. The molecule has 0 aliphatic heterocycles. The highest BCUT2D eigenvalue weighted by atomic mass is 31.2. The Balaban J connectivity index is 4.04. The van der Waals surface area contributed by atoms with Gasteiger partial charge in [0.25, 0.3) is 0 Å². The van der Waals surface area contributed by atoms with E-state index in [9.17, 15) is 19.4 Å². The van der Waals surface area contributed by atoms with Crippen LogP contribution in [0.25, 0.3) is 0 Å². The smallest absolute Gasteiger partial charge is 0.387 e. The Bertz CT molecular complexity index is 1510. The van der Waals surface area contributed by atoms with Crippen LogP contribution in [0.1, 0.15) is 251 Å². The normalized spacial score (nSPS) is 14.6. The summed E-state index contributed by atoms with van der Waals surface area (Å²) in [5.41, 5.74) is 0. The Morgan fingerprint density at radius 1 is 0.479 bits per heavy atom. The summed E-state index contributed by atoms with van der Waals surface area (Å²) in [6, 6.07) is -0.850. The van der Waals surface area contributed by atoms with Crippen LogP contribution in [-0.2, 0) is 18.4 Å². The van der Waals surface area contributed by atoms with Gasteiger partial charge in [0.15, 0.2) is 0 Å². The predicted molar refractivity (Wildman–Crippen MR) is 318 cm³/mol. The van der Waals surface area contributed by atoms with Gasteiger partial charge in [0, 0.05) is 6.42 Å². The van der Waals surface area contributed by atoms with Crippen LogP contribution in [0.2, 0.25) is 0 Å². The average molecular weight is 1040 g/mol. The maximum absolute atomic E-state index is 13.0. The number of nitrogens with zero attached hydrogens (tertiary/aromatic N) is 1. The van der Waals surface area contributed by atoms with Gasteiger partial charge >= 0.3 is 7.82 Å². The molecule has 0 bridgehead atoms. The maximum Gasteiger partial charge on any atom is 0.472 e.